The van der Waals surface area contributed by atoms with Crippen molar-refractivity contribution < 1.29 is 14.4 Å². The third kappa shape index (κ3) is 4.57. The number of imide groups is 1. The van der Waals surface area contributed by atoms with Crippen LogP contribution in [0, 0.1) is 0 Å². The van der Waals surface area contributed by atoms with E-state index in [1.807, 2.05) is 44.2 Å². The second-order valence-electron chi connectivity index (χ2n) is 6.03. The lowest BCUT2D eigenvalue weighted by atomic mass is 10.1. The van der Waals surface area contributed by atoms with Gasteiger partial charge in [-0.15, -0.1) is 0 Å². The van der Waals surface area contributed by atoms with Crippen molar-refractivity contribution in [3.05, 3.63) is 35.9 Å². The van der Waals surface area contributed by atoms with Crippen molar-refractivity contribution in [2.75, 3.05) is 6.54 Å². The lowest BCUT2D eigenvalue weighted by Gasteiger charge is -2.17. The van der Waals surface area contributed by atoms with Gasteiger partial charge in [-0.2, -0.15) is 0 Å². The number of nitrogens with one attached hydrogen (secondary N) is 2. The van der Waals surface area contributed by atoms with Crippen molar-refractivity contribution in [3.63, 3.8) is 0 Å². The smallest absolute Gasteiger partial charge is 0.325 e. The molecule has 1 saturated heterocycles. The molecule has 130 valence electrons. The summed E-state index contributed by atoms with van der Waals surface area (Å²) in [6.45, 7) is 3.76. The van der Waals surface area contributed by atoms with Crippen LogP contribution in [0.5, 0.6) is 0 Å². The van der Waals surface area contributed by atoms with E-state index in [0.717, 1.165) is 23.3 Å². The Morgan fingerprint density at radius 3 is 2.50 bits per heavy atom. The maximum atomic E-state index is 12.4. The highest BCUT2D eigenvalue weighted by Gasteiger charge is 2.38. The molecule has 24 heavy (non-hydrogen) atoms. The third-order valence-corrected chi connectivity index (χ3v) is 4.32. The fourth-order valence-corrected chi connectivity index (χ4v) is 2.79. The van der Waals surface area contributed by atoms with Crippen molar-refractivity contribution >= 4 is 17.8 Å². The van der Waals surface area contributed by atoms with Gasteiger partial charge in [0.25, 0.3) is 5.91 Å². The first kappa shape index (κ1) is 18.0. The van der Waals surface area contributed by atoms with Crippen molar-refractivity contribution in [1.29, 1.82) is 0 Å². The molecule has 1 aromatic rings. The quantitative estimate of drug-likeness (QED) is 0.714. The fraction of sp³-hybridized carbons (Fsp3) is 0.500. The second-order valence-corrected chi connectivity index (χ2v) is 6.03. The van der Waals surface area contributed by atoms with E-state index < -0.39 is 12.1 Å². The van der Waals surface area contributed by atoms with Gasteiger partial charge in [0.15, 0.2) is 0 Å². The zero-order valence-corrected chi connectivity index (χ0v) is 14.2. The average molecular weight is 331 g/mol. The maximum Gasteiger partial charge on any atom is 0.325 e. The molecule has 1 aliphatic rings. The molecule has 0 unspecified atom stereocenters. The molecule has 0 aliphatic carbocycles. The zero-order valence-electron chi connectivity index (χ0n) is 14.2. The normalized spacial score (nSPS) is 17.3. The molecule has 1 aliphatic heterocycles. The molecule has 4 amide bonds. The summed E-state index contributed by atoms with van der Waals surface area (Å²) in [5.74, 6) is -0.619. The van der Waals surface area contributed by atoms with Crippen LogP contribution in [-0.2, 0) is 16.0 Å². The first-order valence-corrected chi connectivity index (χ1v) is 8.50. The Morgan fingerprint density at radius 1 is 1.21 bits per heavy atom. The summed E-state index contributed by atoms with van der Waals surface area (Å²) in [5, 5.41) is 5.51. The number of carbonyl (C=O) groups is 3. The first-order chi connectivity index (χ1) is 11.5. The topological polar surface area (TPSA) is 78.5 Å². The van der Waals surface area contributed by atoms with Crippen LogP contribution in [0.1, 0.15) is 38.7 Å². The average Bonchev–Trinajstić information content (AvgIpc) is 2.86. The molecule has 0 saturated carbocycles. The van der Waals surface area contributed by atoms with Crippen molar-refractivity contribution in [1.82, 2.24) is 15.5 Å². The summed E-state index contributed by atoms with van der Waals surface area (Å²) in [4.78, 5) is 37.4. The Kier molecular flexibility index (Phi) is 6.35. The minimum atomic E-state index is -0.557. The molecule has 6 nitrogen and oxygen atoms in total. The highest BCUT2D eigenvalue weighted by Crippen LogP contribution is 2.13. The minimum absolute atomic E-state index is 0.0761. The van der Waals surface area contributed by atoms with Crippen molar-refractivity contribution in [3.8, 4) is 0 Å². The van der Waals surface area contributed by atoms with Crippen LogP contribution in [0.3, 0.4) is 0 Å². The Labute approximate surface area is 142 Å². The van der Waals surface area contributed by atoms with Crippen LogP contribution in [0.2, 0.25) is 0 Å². The number of nitrogens with zero attached hydrogens (tertiary/aromatic N) is 1. The zero-order chi connectivity index (χ0) is 17.5. The lowest BCUT2D eigenvalue weighted by Crippen LogP contribution is -2.44. The molecule has 1 fully saturated rings. The molecule has 1 heterocycles. The summed E-state index contributed by atoms with van der Waals surface area (Å²) >= 11 is 0. The molecule has 2 rings (SSSR count). The van der Waals surface area contributed by atoms with E-state index in [4.69, 9.17) is 0 Å². The Morgan fingerprint density at radius 2 is 1.88 bits per heavy atom. The van der Waals surface area contributed by atoms with Gasteiger partial charge in [0, 0.05) is 6.04 Å². The third-order valence-electron chi connectivity index (χ3n) is 4.32. The number of carbonyl (C=O) groups excluding carboxylic acids is 3. The van der Waals surface area contributed by atoms with E-state index in [2.05, 4.69) is 10.6 Å². The van der Waals surface area contributed by atoms with Crippen LogP contribution in [0.25, 0.3) is 0 Å². The number of aryl methyl sites for hydroxylation is 1. The minimum Gasteiger partial charge on any atom is -0.352 e. The van der Waals surface area contributed by atoms with Gasteiger partial charge in [-0.3, -0.25) is 14.5 Å². The van der Waals surface area contributed by atoms with Gasteiger partial charge < -0.3 is 10.6 Å². The highest BCUT2D eigenvalue weighted by molar-refractivity contribution is 6.06. The summed E-state index contributed by atoms with van der Waals surface area (Å²) in [6, 6.07) is 8.83. The van der Waals surface area contributed by atoms with Crippen LogP contribution < -0.4 is 10.6 Å². The van der Waals surface area contributed by atoms with E-state index in [1.165, 1.54) is 0 Å². The first-order valence-electron chi connectivity index (χ1n) is 8.50. The molecule has 0 radical (unpaired) electrons. The predicted molar refractivity (Wildman–Crippen MR) is 91.3 cm³/mol. The van der Waals surface area contributed by atoms with Gasteiger partial charge in [0.2, 0.25) is 5.91 Å². The number of hydrogen-bond donors (Lipinski definition) is 2. The molecular formula is C18H25N3O3. The van der Waals surface area contributed by atoms with Crippen LogP contribution >= 0.6 is 0 Å². The molecule has 1 atom stereocenters. The number of amides is 4. The Hall–Kier alpha value is -2.37. The van der Waals surface area contributed by atoms with Gasteiger partial charge in [-0.05, 0) is 31.2 Å². The molecule has 0 bridgehead atoms. The number of hydrogen-bond acceptors (Lipinski definition) is 3. The number of benzene rings is 1. The molecule has 1 aromatic carbocycles. The van der Waals surface area contributed by atoms with Crippen LogP contribution in [0.4, 0.5) is 4.79 Å². The van der Waals surface area contributed by atoms with E-state index >= 15 is 0 Å². The summed E-state index contributed by atoms with van der Waals surface area (Å²) in [7, 11) is 0. The predicted octanol–water partition coefficient (Wildman–Crippen LogP) is 1.84. The molecule has 0 spiro atoms. The van der Waals surface area contributed by atoms with E-state index in [9.17, 15) is 14.4 Å². The summed E-state index contributed by atoms with van der Waals surface area (Å²) in [5.41, 5.74) is 1.12. The van der Waals surface area contributed by atoms with E-state index in [-0.39, 0.29) is 24.4 Å². The van der Waals surface area contributed by atoms with Crippen LogP contribution in [0.15, 0.2) is 30.3 Å². The van der Waals surface area contributed by atoms with Gasteiger partial charge in [-0.1, -0.05) is 44.2 Å². The second kappa shape index (κ2) is 8.47. The van der Waals surface area contributed by atoms with Gasteiger partial charge in [0.05, 0.1) is 0 Å². The molecule has 0 aromatic heterocycles. The monoisotopic (exact) mass is 331 g/mol. The van der Waals surface area contributed by atoms with Gasteiger partial charge >= 0.3 is 6.03 Å². The Balaban J connectivity index is 1.87. The lowest BCUT2D eigenvalue weighted by molar-refractivity contribution is -0.132. The maximum absolute atomic E-state index is 12.4. The van der Waals surface area contributed by atoms with Gasteiger partial charge in [-0.25, -0.2) is 4.79 Å². The van der Waals surface area contributed by atoms with E-state index in [0.29, 0.717) is 12.8 Å². The Bertz CT molecular complexity index is 584. The number of rotatable bonds is 8. The molecular weight excluding hydrogens is 306 g/mol. The van der Waals surface area contributed by atoms with Crippen LogP contribution in [-0.4, -0.2) is 41.4 Å². The summed E-state index contributed by atoms with van der Waals surface area (Å²) in [6.07, 6.45) is 2.87. The van der Waals surface area contributed by atoms with Gasteiger partial charge in [0.1, 0.15) is 12.6 Å². The largest absolute Gasteiger partial charge is 0.352 e. The SMILES string of the molecule is CCC(CC)NC(=O)CN1C(=O)N[C@@H](CCc2ccccc2)C1=O. The van der Waals surface area contributed by atoms with Crippen molar-refractivity contribution in [2.24, 2.45) is 0 Å². The fourth-order valence-electron chi connectivity index (χ4n) is 2.79. The highest BCUT2D eigenvalue weighted by atomic mass is 16.2. The molecule has 6 heteroatoms. The summed E-state index contributed by atoms with van der Waals surface area (Å²) < 4.78 is 0. The standard InChI is InChI=1S/C18H25N3O3/c1-3-14(4-2)19-16(22)12-21-17(23)15(20-18(21)24)11-10-13-8-6-5-7-9-13/h5-9,14-15H,3-4,10-12H2,1-2H3,(H,19,22)(H,20,24)/t15-/m0/s1. The number of urea groups is 1. The van der Waals surface area contributed by atoms with Crippen molar-refractivity contribution in [2.45, 2.75) is 51.6 Å². The van der Waals surface area contributed by atoms with E-state index in [1.54, 1.807) is 0 Å². The molecule has 2 N–H and O–H groups in total.